The molecule has 0 bridgehead atoms. The van der Waals surface area contributed by atoms with Crippen molar-refractivity contribution in [3.8, 4) is 0 Å². The Morgan fingerprint density at radius 1 is 1.08 bits per heavy atom. The normalized spacial score (nSPS) is 11.5. The number of aryl methyl sites for hydroxylation is 1. The topological polar surface area (TPSA) is 133 Å². The van der Waals surface area contributed by atoms with Gasteiger partial charge < -0.3 is 15.2 Å². The highest BCUT2D eigenvalue weighted by Crippen LogP contribution is 2.19. The molecule has 0 aliphatic heterocycles. The molecule has 0 unspecified atom stereocenters. The van der Waals surface area contributed by atoms with Crippen LogP contribution in [0.1, 0.15) is 41.5 Å². The molecule has 0 radical (unpaired) electrons. The van der Waals surface area contributed by atoms with Crippen LogP contribution in [0.4, 0.5) is 21.1 Å². The number of nitrogen functional groups attached to an aromatic ring is 1. The maximum Gasteiger partial charge on any atom is 0.414 e. The van der Waals surface area contributed by atoms with Gasteiger partial charge in [0, 0.05) is 7.05 Å². The Morgan fingerprint density at radius 2 is 1.52 bits per heavy atom. The summed E-state index contributed by atoms with van der Waals surface area (Å²) in [5, 5.41) is 8.66. The van der Waals surface area contributed by atoms with Gasteiger partial charge >= 0.3 is 12.2 Å². The predicted molar refractivity (Wildman–Crippen MR) is 93.5 cm³/mol. The summed E-state index contributed by atoms with van der Waals surface area (Å²) in [6.07, 6.45) is -0.183. The molecule has 10 heteroatoms. The molecular weight excluding hydrogens is 328 g/mol. The molecule has 4 N–H and O–H groups in total. The van der Waals surface area contributed by atoms with Crippen LogP contribution in [0.3, 0.4) is 0 Å². The fourth-order valence-corrected chi connectivity index (χ4v) is 1.53. The Kier molecular flexibility index (Phi) is 6.01. The molecule has 1 aromatic heterocycles. The minimum atomic E-state index is -0.787. The number of aliphatic imine (C=N–C) groups is 1. The second-order valence-electron chi connectivity index (χ2n) is 7.25. The van der Waals surface area contributed by atoms with E-state index in [9.17, 15) is 9.59 Å². The molecule has 0 spiro atoms. The molecule has 10 nitrogen and oxygen atoms in total. The highest BCUT2D eigenvalue weighted by atomic mass is 16.6. The van der Waals surface area contributed by atoms with E-state index in [1.807, 2.05) is 0 Å². The van der Waals surface area contributed by atoms with Crippen LogP contribution in [0, 0.1) is 0 Å². The van der Waals surface area contributed by atoms with Crippen LogP contribution in [-0.4, -0.2) is 39.1 Å². The maximum atomic E-state index is 12.0. The molecule has 140 valence electrons. The number of anilines is 1. The summed E-state index contributed by atoms with van der Waals surface area (Å²) < 4.78 is 11.7. The minimum absolute atomic E-state index is 0.191. The number of aromatic nitrogens is 2. The van der Waals surface area contributed by atoms with Gasteiger partial charge in [0.15, 0.2) is 0 Å². The lowest BCUT2D eigenvalue weighted by atomic mass is 10.2. The standard InChI is InChI=1S/C15H26N6O4/c1-14(2,3)24-12(22)19-11(20-13(23)25-15(4,5)6)18-9-8-17-21(7)10(9)16/h8H,16H2,1-7H3,(H2,18,19,20,22,23). The maximum absolute atomic E-state index is 12.0. The first-order chi connectivity index (χ1) is 11.3. The Morgan fingerprint density at radius 3 is 1.84 bits per heavy atom. The van der Waals surface area contributed by atoms with Crippen LogP contribution in [0.25, 0.3) is 0 Å². The van der Waals surface area contributed by atoms with Gasteiger partial charge in [-0.1, -0.05) is 0 Å². The summed E-state index contributed by atoms with van der Waals surface area (Å²) in [5.74, 6) is 0.0673. The molecule has 1 heterocycles. The average Bonchev–Trinajstić information content (AvgIpc) is 2.65. The van der Waals surface area contributed by atoms with Crippen molar-refractivity contribution in [3.05, 3.63) is 6.20 Å². The molecule has 0 aromatic carbocycles. The van der Waals surface area contributed by atoms with Crippen LogP contribution >= 0.6 is 0 Å². The number of nitrogens with zero attached hydrogens (tertiary/aromatic N) is 3. The second kappa shape index (κ2) is 7.41. The third-order valence-corrected chi connectivity index (χ3v) is 2.44. The SMILES string of the molecule is Cn1ncc(N=C(NC(=O)OC(C)(C)C)NC(=O)OC(C)(C)C)c1N. The number of nitrogens with one attached hydrogen (secondary N) is 2. The number of carbonyl (C=O) groups excluding carboxylic acids is 2. The molecule has 2 amide bonds. The third kappa shape index (κ3) is 7.55. The van der Waals surface area contributed by atoms with Crippen LogP contribution in [0.5, 0.6) is 0 Å². The molecule has 0 saturated carbocycles. The van der Waals surface area contributed by atoms with Crippen LogP contribution in [0.2, 0.25) is 0 Å². The summed E-state index contributed by atoms with van der Waals surface area (Å²) in [4.78, 5) is 28.0. The van der Waals surface area contributed by atoms with Crippen LogP contribution in [0.15, 0.2) is 11.2 Å². The lowest BCUT2D eigenvalue weighted by molar-refractivity contribution is 0.0545. The van der Waals surface area contributed by atoms with Crippen molar-refractivity contribution in [1.29, 1.82) is 0 Å². The molecule has 0 aliphatic rings. The van der Waals surface area contributed by atoms with Gasteiger partial charge in [-0.05, 0) is 41.5 Å². The first-order valence-electron chi connectivity index (χ1n) is 7.63. The molecular formula is C15H26N6O4. The summed E-state index contributed by atoms with van der Waals surface area (Å²) >= 11 is 0. The number of rotatable bonds is 1. The number of ether oxygens (including phenoxy) is 2. The van der Waals surface area contributed by atoms with Crippen molar-refractivity contribution in [1.82, 2.24) is 20.4 Å². The fourth-order valence-electron chi connectivity index (χ4n) is 1.53. The molecule has 0 fully saturated rings. The van der Waals surface area contributed by atoms with E-state index in [4.69, 9.17) is 15.2 Å². The van der Waals surface area contributed by atoms with E-state index >= 15 is 0 Å². The zero-order valence-electron chi connectivity index (χ0n) is 15.6. The van der Waals surface area contributed by atoms with Crippen molar-refractivity contribution in [2.45, 2.75) is 52.7 Å². The largest absolute Gasteiger partial charge is 0.444 e. The number of hydrogen-bond acceptors (Lipinski definition) is 7. The van der Waals surface area contributed by atoms with E-state index < -0.39 is 23.4 Å². The number of nitrogens with two attached hydrogens (primary N) is 1. The van der Waals surface area contributed by atoms with E-state index in [0.29, 0.717) is 0 Å². The second-order valence-corrected chi connectivity index (χ2v) is 7.25. The van der Waals surface area contributed by atoms with Gasteiger partial charge in [0.05, 0.1) is 6.20 Å². The van der Waals surface area contributed by atoms with E-state index in [1.165, 1.54) is 10.9 Å². The van der Waals surface area contributed by atoms with Crippen molar-refractivity contribution in [2.24, 2.45) is 12.0 Å². The number of alkyl carbamates (subject to hydrolysis) is 2. The molecule has 0 saturated heterocycles. The van der Waals surface area contributed by atoms with Gasteiger partial charge in [-0.25, -0.2) is 14.6 Å². The monoisotopic (exact) mass is 354 g/mol. The number of amides is 2. The summed E-state index contributed by atoms with van der Waals surface area (Å²) in [5.41, 5.74) is 4.66. The summed E-state index contributed by atoms with van der Waals surface area (Å²) in [6.45, 7) is 10.3. The van der Waals surface area contributed by atoms with Gasteiger partial charge in [-0.3, -0.25) is 15.3 Å². The number of carbonyl (C=O) groups is 2. The average molecular weight is 354 g/mol. The Balaban J connectivity index is 3.00. The summed E-state index contributed by atoms with van der Waals surface area (Å²) in [7, 11) is 1.64. The smallest absolute Gasteiger partial charge is 0.414 e. The Bertz CT molecular complexity index is 635. The van der Waals surface area contributed by atoms with E-state index in [0.717, 1.165) is 0 Å². The van der Waals surface area contributed by atoms with Crippen LogP contribution in [-0.2, 0) is 16.5 Å². The molecule has 0 atom stereocenters. The van der Waals surface area contributed by atoms with Gasteiger partial charge in [0.25, 0.3) is 0 Å². The van der Waals surface area contributed by atoms with E-state index in [1.54, 1.807) is 48.6 Å². The zero-order chi connectivity index (χ0) is 19.4. The molecule has 0 aliphatic carbocycles. The highest BCUT2D eigenvalue weighted by Gasteiger charge is 2.21. The predicted octanol–water partition coefficient (Wildman–Crippen LogP) is 2.04. The third-order valence-electron chi connectivity index (χ3n) is 2.44. The van der Waals surface area contributed by atoms with E-state index in [-0.39, 0.29) is 17.5 Å². The summed E-state index contributed by atoms with van der Waals surface area (Å²) in [6, 6.07) is 0. The van der Waals surface area contributed by atoms with Gasteiger partial charge in [0.1, 0.15) is 22.7 Å². The highest BCUT2D eigenvalue weighted by molar-refractivity contribution is 6.02. The van der Waals surface area contributed by atoms with E-state index in [2.05, 4.69) is 20.7 Å². The zero-order valence-corrected chi connectivity index (χ0v) is 15.6. The van der Waals surface area contributed by atoms with Gasteiger partial charge in [-0.2, -0.15) is 5.10 Å². The molecule has 1 rings (SSSR count). The molecule has 1 aromatic rings. The first-order valence-corrected chi connectivity index (χ1v) is 7.63. The molecule has 25 heavy (non-hydrogen) atoms. The lowest BCUT2D eigenvalue weighted by Gasteiger charge is -2.22. The van der Waals surface area contributed by atoms with Crippen LogP contribution < -0.4 is 16.4 Å². The quantitative estimate of drug-likeness (QED) is 0.522. The Hall–Kier alpha value is -2.78. The minimum Gasteiger partial charge on any atom is -0.444 e. The van der Waals surface area contributed by atoms with Crippen molar-refractivity contribution in [3.63, 3.8) is 0 Å². The Labute approximate surface area is 146 Å². The fraction of sp³-hybridized carbons (Fsp3) is 0.600. The van der Waals surface area contributed by atoms with Gasteiger partial charge in [-0.15, -0.1) is 0 Å². The van der Waals surface area contributed by atoms with Crippen molar-refractivity contribution < 1.29 is 19.1 Å². The van der Waals surface area contributed by atoms with Crippen molar-refractivity contribution in [2.75, 3.05) is 5.73 Å². The lowest BCUT2D eigenvalue weighted by Crippen LogP contribution is -2.47. The first kappa shape index (κ1) is 20.3. The number of hydrogen-bond donors (Lipinski definition) is 3. The van der Waals surface area contributed by atoms with Crippen molar-refractivity contribution >= 4 is 29.7 Å². The number of guanidine groups is 1. The van der Waals surface area contributed by atoms with Gasteiger partial charge in [0.2, 0.25) is 5.96 Å².